The Bertz CT molecular complexity index is 275. The molecular weight excluding hydrogens is 218 g/mol. The molecular formula is C12H23N3O2. The zero-order valence-corrected chi connectivity index (χ0v) is 11.0. The average molecular weight is 241 g/mol. The number of carbonyl (C=O) groups excluding carboxylic acids is 2. The number of rotatable bonds is 3. The third-order valence-electron chi connectivity index (χ3n) is 3.31. The molecule has 1 rings (SSSR count). The van der Waals surface area contributed by atoms with Gasteiger partial charge in [-0.3, -0.25) is 9.59 Å². The summed E-state index contributed by atoms with van der Waals surface area (Å²) in [6, 6.07) is 0.124. The highest BCUT2D eigenvalue weighted by molar-refractivity contribution is 6.35. The van der Waals surface area contributed by atoms with Crippen molar-refractivity contribution in [2.45, 2.75) is 33.2 Å². The van der Waals surface area contributed by atoms with Gasteiger partial charge in [-0.1, -0.05) is 6.92 Å². The number of nitrogens with zero attached hydrogens (tertiary/aromatic N) is 2. The smallest absolute Gasteiger partial charge is 0.312 e. The molecule has 1 saturated heterocycles. The quantitative estimate of drug-likeness (QED) is 0.711. The molecule has 2 amide bonds. The molecule has 1 fully saturated rings. The van der Waals surface area contributed by atoms with Gasteiger partial charge in [0.2, 0.25) is 0 Å². The van der Waals surface area contributed by atoms with Crippen molar-refractivity contribution in [2.75, 3.05) is 32.7 Å². The van der Waals surface area contributed by atoms with Crippen LogP contribution >= 0.6 is 0 Å². The minimum Gasteiger partial charge on any atom is -0.332 e. The average Bonchev–Trinajstić information content (AvgIpc) is 2.39. The van der Waals surface area contributed by atoms with Gasteiger partial charge in [0.25, 0.3) is 0 Å². The van der Waals surface area contributed by atoms with Crippen molar-refractivity contribution in [3.05, 3.63) is 0 Å². The van der Waals surface area contributed by atoms with Crippen molar-refractivity contribution in [1.82, 2.24) is 15.1 Å². The Morgan fingerprint density at radius 3 is 2.35 bits per heavy atom. The lowest BCUT2D eigenvalue weighted by molar-refractivity contribution is -0.153. The van der Waals surface area contributed by atoms with E-state index in [4.69, 9.17) is 0 Å². The van der Waals surface area contributed by atoms with Crippen molar-refractivity contribution in [3.8, 4) is 0 Å². The normalized spacial score (nSPS) is 17.7. The third-order valence-corrected chi connectivity index (χ3v) is 3.31. The van der Waals surface area contributed by atoms with E-state index < -0.39 is 0 Å². The van der Waals surface area contributed by atoms with Gasteiger partial charge in [-0.2, -0.15) is 0 Å². The first-order valence-electron chi connectivity index (χ1n) is 6.42. The van der Waals surface area contributed by atoms with Crippen LogP contribution in [0.25, 0.3) is 0 Å². The van der Waals surface area contributed by atoms with Crippen molar-refractivity contribution >= 4 is 11.8 Å². The van der Waals surface area contributed by atoms with Crippen LogP contribution in [-0.2, 0) is 9.59 Å². The Labute approximate surface area is 103 Å². The van der Waals surface area contributed by atoms with E-state index in [1.165, 1.54) is 0 Å². The molecule has 17 heavy (non-hydrogen) atoms. The van der Waals surface area contributed by atoms with Crippen LogP contribution < -0.4 is 5.32 Å². The number of amides is 2. The van der Waals surface area contributed by atoms with Gasteiger partial charge in [0, 0.05) is 38.8 Å². The van der Waals surface area contributed by atoms with Crippen LogP contribution in [0.3, 0.4) is 0 Å². The lowest BCUT2D eigenvalue weighted by atomic mass is 10.2. The van der Waals surface area contributed by atoms with Crippen molar-refractivity contribution < 1.29 is 9.59 Å². The van der Waals surface area contributed by atoms with E-state index in [1.54, 1.807) is 9.80 Å². The molecule has 0 aromatic heterocycles. The van der Waals surface area contributed by atoms with Crippen LogP contribution in [-0.4, -0.2) is 60.4 Å². The van der Waals surface area contributed by atoms with Gasteiger partial charge in [-0.25, -0.2) is 0 Å². The van der Waals surface area contributed by atoms with Gasteiger partial charge in [0.1, 0.15) is 0 Å². The second-order valence-electron chi connectivity index (χ2n) is 4.39. The predicted molar refractivity (Wildman–Crippen MR) is 66.6 cm³/mol. The minimum absolute atomic E-state index is 0.124. The highest BCUT2D eigenvalue weighted by atomic mass is 16.2. The molecule has 1 aliphatic heterocycles. The molecule has 0 spiro atoms. The SMILES string of the molecule is CCC(C)N(CC)C(=O)C(=O)N1CCNCC1. The Morgan fingerprint density at radius 2 is 1.88 bits per heavy atom. The molecule has 1 aliphatic rings. The molecule has 0 aliphatic carbocycles. The lowest BCUT2D eigenvalue weighted by Crippen LogP contribution is -2.53. The van der Waals surface area contributed by atoms with E-state index in [2.05, 4.69) is 5.32 Å². The number of nitrogens with one attached hydrogen (secondary N) is 1. The molecule has 5 heteroatoms. The fraction of sp³-hybridized carbons (Fsp3) is 0.833. The van der Waals surface area contributed by atoms with E-state index in [-0.39, 0.29) is 17.9 Å². The molecule has 0 bridgehead atoms. The topological polar surface area (TPSA) is 52.7 Å². The van der Waals surface area contributed by atoms with Crippen LogP contribution in [0.15, 0.2) is 0 Å². The highest BCUT2D eigenvalue weighted by Crippen LogP contribution is 2.06. The monoisotopic (exact) mass is 241 g/mol. The third kappa shape index (κ3) is 3.43. The standard InChI is InChI=1S/C12H23N3O2/c1-4-10(3)15(5-2)12(17)11(16)14-8-6-13-7-9-14/h10,13H,4-9H2,1-3H3. The first-order valence-corrected chi connectivity index (χ1v) is 6.42. The Morgan fingerprint density at radius 1 is 1.29 bits per heavy atom. The molecule has 1 N–H and O–H groups in total. The molecule has 1 heterocycles. The largest absolute Gasteiger partial charge is 0.332 e. The van der Waals surface area contributed by atoms with E-state index in [9.17, 15) is 9.59 Å². The number of hydrogen-bond donors (Lipinski definition) is 1. The number of hydrogen-bond acceptors (Lipinski definition) is 3. The highest BCUT2D eigenvalue weighted by Gasteiger charge is 2.28. The van der Waals surface area contributed by atoms with Crippen LogP contribution in [0, 0.1) is 0 Å². The summed E-state index contributed by atoms with van der Waals surface area (Å²) in [6.45, 7) is 9.30. The Hall–Kier alpha value is -1.10. The van der Waals surface area contributed by atoms with Crippen LogP contribution in [0.5, 0.6) is 0 Å². The summed E-state index contributed by atoms with van der Waals surface area (Å²) in [7, 11) is 0. The summed E-state index contributed by atoms with van der Waals surface area (Å²) in [5.41, 5.74) is 0. The van der Waals surface area contributed by atoms with Gasteiger partial charge in [-0.05, 0) is 20.3 Å². The summed E-state index contributed by atoms with van der Waals surface area (Å²) < 4.78 is 0. The van der Waals surface area contributed by atoms with E-state index in [0.717, 1.165) is 19.5 Å². The van der Waals surface area contributed by atoms with Crippen molar-refractivity contribution in [3.63, 3.8) is 0 Å². The van der Waals surface area contributed by atoms with Gasteiger partial charge in [0.05, 0.1) is 0 Å². The van der Waals surface area contributed by atoms with Gasteiger partial charge in [-0.15, -0.1) is 0 Å². The Kier molecular flexibility index (Phi) is 5.41. The van der Waals surface area contributed by atoms with Crippen molar-refractivity contribution in [2.24, 2.45) is 0 Å². The molecule has 0 aromatic rings. The maximum atomic E-state index is 12.1. The lowest BCUT2D eigenvalue weighted by Gasteiger charge is -2.31. The molecule has 1 atom stereocenters. The van der Waals surface area contributed by atoms with Crippen LogP contribution in [0.2, 0.25) is 0 Å². The minimum atomic E-state index is -0.358. The molecule has 0 radical (unpaired) electrons. The van der Waals surface area contributed by atoms with Gasteiger partial charge < -0.3 is 15.1 Å². The van der Waals surface area contributed by atoms with Gasteiger partial charge in [0.15, 0.2) is 0 Å². The predicted octanol–water partition coefficient (Wildman–Crippen LogP) is 0.0652. The molecule has 0 saturated carbocycles. The van der Waals surface area contributed by atoms with E-state index in [1.807, 2.05) is 20.8 Å². The molecule has 1 unspecified atom stereocenters. The summed E-state index contributed by atoms with van der Waals surface area (Å²) in [5, 5.41) is 3.17. The Balaban J connectivity index is 2.63. The zero-order valence-electron chi connectivity index (χ0n) is 11.0. The molecule has 5 nitrogen and oxygen atoms in total. The van der Waals surface area contributed by atoms with E-state index in [0.29, 0.717) is 19.6 Å². The number of likely N-dealkylation sites (N-methyl/N-ethyl adjacent to an activating group) is 1. The fourth-order valence-electron chi connectivity index (χ4n) is 2.00. The number of piperazine rings is 1. The second kappa shape index (κ2) is 6.59. The molecule has 98 valence electrons. The van der Waals surface area contributed by atoms with Crippen LogP contribution in [0.4, 0.5) is 0 Å². The summed E-state index contributed by atoms with van der Waals surface area (Å²) >= 11 is 0. The first kappa shape index (κ1) is 14.0. The first-order chi connectivity index (χ1) is 8.11. The number of carbonyl (C=O) groups is 2. The maximum Gasteiger partial charge on any atom is 0.312 e. The summed E-state index contributed by atoms with van der Waals surface area (Å²) in [5.74, 6) is -0.711. The summed E-state index contributed by atoms with van der Waals surface area (Å²) in [6.07, 6.45) is 0.869. The van der Waals surface area contributed by atoms with Crippen molar-refractivity contribution in [1.29, 1.82) is 0 Å². The van der Waals surface area contributed by atoms with Gasteiger partial charge >= 0.3 is 11.8 Å². The van der Waals surface area contributed by atoms with Crippen LogP contribution in [0.1, 0.15) is 27.2 Å². The molecule has 0 aromatic carbocycles. The van der Waals surface area contributed by atoms with E-state index >= 15 is 0 Å². The summed E-state index contributed by atoms with van der Waals surface area (Å²) in [4.78, 5) is 27.4. The fourth-order valence-corrected chi connectivity index (χ4v) is 2.00. The maximum absolute atomic E-state index is 12.1. The zero-order chi connectivity index (χ0) is 12.8. The second-order valence-corrected chi connectivity index (χ2v) is 4.39.